The molecule has 0 aromatic heterocycles. The third kappa shape index (κ3) is 6.81. The van der Waals surface area contributed by atoms with Gasteiger partial charge < -0.3 is 10.1 Å². The minimum atomic E-state index is -0.982. The molecule has 5 nitrogen and oxygen atoms in total. The van der Waals surface area contributed by atoms with Crippen LogP contribution in [-0.2, 0) is 20.9 Å². The van der Waals surface area contributed by atoms with Crippen molar-refractivity contribution in [1.29, 1.82) is 0 Å². The zero-order chi connectivity index (χ0) is 20.5. The van der Waals surface area contributed by atoms with E-state index in [-0.39, 0.29) is 31.0 Å². The van der Waals surface area contributed by atoms with Crippen molar-refractivity contribution in [2.75, 3.05) is 6.26 Å². The monoisotopic (exact) mass is 403 g/mol. The highest BCUT2D eigenvalue weighted by Gasteiger charge is 2.18. The van der Waals surface area contributed by atoms with Gasteiger partial charge in [-0.25, -0.2) is 4.39 Å². The Morgan fingerprint density at radius 3 is 2.29 bits per heavy atom. The number of halogens is 1. The number of carbonyl (C=O) groups is 3. The van der Waals surface area contributed by atoms with Crippen molar-refractivity contribution >= 4 is 29.4 Å². The summed E-state index contributed by atoms with van der Waals surface area (Å²) in [5, 5.41) is 2.62. The Balaban J connectivity index is 1.73. The summed E-state index contributed by atoms with van der Waals surface area (Å²) in [6.07, 6.45) is 0.882. The van der Waals surface area contributed by atoms with Crippen molar-refractivity contribution in [1.82, 2.24) is 5.32 Å². The van der Waals surface area contributed by atoms with E-state index in [0.717, 1.165) is 10.5 Å². The summed E-state index contributed by atoms with van der Waals surface area (Å²) in [4.78, 5) is 37.1. The summed E-state index contributed by atoms with van der Waals surface area (Å²) >= 11 is 1.58. The summed E-state index contributed by atoms with van der Waals surface area (Å²) in [7, 11) is 0. The molecule has 1 amide bonds. The Kier molecular flexibility index (Phi) is 8.19. The lowest BCUT2D eigenvalue weighted by Crippen LogP contribution is -2.35. The zero-order valence-electron chi connectivity index (χ0n) is 15.7. The van der Waals surface area contributed by atoms with E-state index < -0.39 is 18.0 Å². The maximum Gasteiger partial charge on any atom is 0.307 e. The van der Waals surface area contributed by atoms with Gasteiger partial charge in [0.05, 0.1) is 6.42 Å². The highest BCUT2D eigenvalue weighted by molar-refractivity contribution is 7.98. The lowest BCUT2D eigenvalue weighted by atomic mass is 10.1. The first-order valence-corrected chi connectivity index (χ1v) is 10.0. The van der Waals surface area contributed by atoms with E-state index in [4.69, 9.17) is 4.74 Å². The summed E-state index contributed by atoms with van der Waals surface area (Å²) in [5.74, 6) is -1.58. The Morgan fingerprint density at radius 1 is 1.04 bits per heavy atom. The molecule has 0 bridgehead atoms. The number of ether oxygens (including phenoxy) is 1. The fraction of sp³-hybridized carbons (Fsp3) is 0.286. The molecule has 0 heterocycles. The Hall–Kier alpha value is -2.67. The van der Waals surface area contributed by atoms with Crippen molar-refractivity contribution in [2.45, 2.75) is 37.3 Å². The van der Waals surface area contributed by atoms with Crippen LogP contribution in [0.15, 0.2) is 53.4 Å². The summed E-state index contributed by atoms with van der Waals surface area (Å²) < 4.78 is 17.9. The molecule has 7 heteroatoms. The smallest absolute Gasteiger partial charge is 0.307 e. The van der Waals surface area contributed by atoms with Crippen LogP contribution < -0.4 is 5.32 Å². The second kappa shape index (κ2) is 10.6. The molecule has 0 aliphatic carbocycles. The molecule has 0 spiro atoms. The van der Waals surface area contributed by atoms with Crippen molar-refractivity contribution < 1.29 is 23.5 Å². The largest absolute Gasteiger partial charge is 0.453 e. The molecule has 0 aliphatic rings. The molecule has 2 aromatic carbocycles. The van der Waals surface area contributed by atoms with E-state index in [9.17, 15) is 18.8 Å². The molecule has 1 atom stereocenters. The van der Waals surface area contributed by atoms with Crippen LogP contribution in [0.2, 0.25) is 0 Å². The summed E-state index contributed by atoms with van der Waals surface area (Å²) in [5.41, 5.74) is 1.27. The van der Waals surface area contributed by atoms with Gasteiger partial charge in [0, 0.05) is 23.4 Å². The van der Waals surface area contributed by atoms with Gasteiger partial charge in [0.25, 0.3) is 5.91 Å². The molecule has 0 radical (unpaired) electrons. The van der Waals surface area contributed by atoms with Crippen molar-refractivity contribution in [3.8, 4) is 0 Å². The molecule has 0 fully saturated rings. The molecule has 0 saturated heterocycles. The number of hydrogen-bond donors (Lipinski definition) is 1. The van der Waals surface area contributed by atoms with E-state index in [1.54, 1.807) is 36.0 Å². The van der Waals surface area contributed by atoms with Gasteiger partial charge in [-0.05, 0) is 43.0 Å². The van der Waals surface area contributed by atoms with Crippen molar-refractivity contribution in [3.05, 3.63) is 65.5 Å². The Bertz CT molecular complexity index is 821. The van der Waals surface area contributed by atoms with Gasteiger partial charge in [0.2, 0.25) is 0 Å². The number of amides is 1. The number of benzene rings is 2. The first kappa shape index (κ1) is 21.6. The minimum absolute atomic E-state index is 0.0152. The van der Waals surface area contributed by atoms with Crippen LogP contribution in [-0.4, -0.2) is 30.0 Å². The van der Waals surface area contributed by atoms with E-state index in [0.29, 0.717) is 5.56 Å². The SMILES string of the molecule is CSc1ccc(C(=O)CCC(=O)O[C@@H](C)C(=O)NCc2ccc(F)cc2)cc1. The number of hydrogen-bond acceptors (Lipinski definition) is 5. The maximum atomic E-state index is 12.9. The van der Waals surface area contributed by atoms with E-state index in [1.165, 1.54) is 19.1 Å². The van der Waals surface area contributed by atoms with Gasteiger partial charge in [-0.3, -0.25) is 14.4 Å². The quantitative estimate of drug-likeness (QED) is 0.392. The fourth-order valence-corrected chi connectivity index (χ4v) is 2.79. The average molecular weight is 403 g/mol. The van der Waals surface area contributed by atoms with Gasteiger partial charge in [-0.15, -0.1) is 11.8 Å². The molecular formula is C21H22FNO4S. The number of ketones is 1. The zero-order valence-corrected chi connectivity index (χ0v) is 16.6. The molecule has 2 aromatic rings. The summed E-state index contributed by atoms with van der Waals surface area (Å²) in [6.45, 7) is 1.66. The number of esters is 1. The second-order valence-electron chi connectivity index (χ2n) is 6.13. The topological polar surface area (TPSA) is 72.5 Å². The van der Waals surface area contributed by atoms with E-state index in [2.05, 4.69) is 5.32 Å². The second-order valence-corrected chi connectivity index (χ2v) is 7.01. The molecule has 2 rings (SSSR count). The van der Waals surface area contributed by atoms with Crippen LogP contribution in [0, 0.1) is 5.82 Å². The molecule has 0 aliphatic heterocycles. The van der Waals surface area contributed by atoms with Gasteiger partial charge in [0.1, 0.15) is 5.82 Å². The van der Waals surface area contributed by atoms with Crippen LogP contribution in [0.25, 0.3) is 0 Å². The lowest BCUT2D eigenvalue weighted by Gasteiger charge is -2.13. The third-order valence-electron chi connectivity index (χ3n) is 4.03. The van der Waals surface area contributed by atoms with Crippen molar-refractivity contribution in [3.63, 3.8) is 0 Å². The van der Waals surface area contributed by atoms with Crippen molar-refractivity contribution in [2.24, 2.45) is 0 Å². The van der Waals surface area contributed by atoms with Crippen LogP contribution in [0.1, 0.15) is 35.7 Å². The van der Waals surface area contributed by atoms with E-state index in [1.807, 2.05) is 18.4 Å². The predicted octanol–water partition coefficient (Wildman–Crippen LogP) is 3.76. The van der Waals surface area contributed by atoms with Gasteiger partial charge in [-0.1, -0.05) is 24.3 Å². The van der Waals surface area contributed by atoms with Crippen LogP contribution in [0.5, 0.6) is 0 Å². The number of carbonyl (C=O) groups excluding carboxylic acids is 3. The molecular weight excluding hydrogens is 381 g/mol. The van der Waals surface area contributed by atoms with Crippen LogP contribution >= 0.6 is 11.8 Å². The highest BCUT2D eigenvalue weighted by Crippen LogP contribution is 2.16. The number of rotatable bonds is 9. The summed E-state index contributed by atoms with van der Waals surface area (Å²) in [6, 6.07) is 12.9. The predicted molar refractivity (Wildman–Crippen MR) is 106 cm³/mol. The normalized spacial score (nSPS) is 11.5. The number of nitrogens with one attached hydrogen (secondary N) is 1. The number of thioether (sulfide) groups is 1. The molecule has 0 saturated carbocycles. The first-order chi connectivity index (χ1) is 13.4. The Morgan fingerprint density at radius 2 is 1.68 bits per heavy atom. The number of Topliss-reactive ketones (excluding diaryl/α,β-unsaturated/α-hetero) is 1. The first-order valence-electron chi connectivity index (χ1n) is 8.78. The van der Waals surface area contributed by atoms with Gasteiger partial charge in [0.15, 0.2) is 11.9 Å². The third-order valence-corrected chi connectivity index (χ3v) is 4.77. The standard InChI is InChI=1S/C21H22FNO4S/c1-14(21(26)23-13-15-3-7-17(22)8-4-15)27-20(25)12-11-19(24)16-5-9-18(28-2)10-6-16/h3-10,14H,11-13H2,1-2H3,(H,23,26)/t14-/m0/s1. The van der Waals surface area contributed by atoms with Gasteiger partial charge >= 0.3 is 5.97 Å². The molecule has 148 valence electrons. The van der Waals surface area contributed by atoms with Crippen LogP contribution in [0.4, 0.5) is 4.39 Å². The average Bonchev–Trinajstić information content (AvgIpc) is 2.71. The Labute approximate surface area is 167 Å². The van der Waals surface area contributed by atoms with Crippen LogP contribution in [0.3, 0.4) is 0 Å². The fourth-order valence-electron chi connectivity index (χ4n) is 2.38. The van der Waals surface area contributed by atoms with E-state index >= 15 is 0 Å². The molecule has 0 unspecified atom stereocenters. The highest BCUT2D eigenvalue weighted by atomic mass is 32.2. The molecule has 28 heavy (non-hydrogen) atoms. The van der Waals surface area contributed by atoms with Gasteiger partial charge in [-0.2, -0.15) is 0 Å². The maximum absolute atomic E-state index is 12.9. The minimum Gasteiger partial charge on any atom is -0.453 e. The molecule has 1 N–H and O–H groups in total. The lowest BCUT2D eigenvalue weighted by molar-refractivity contribution is -0.154.